The molecule has 0 saturated carbocycles. The molecule has 1 aliphatic heterocycles. The van der Waals surface area contributed by atoms with Gasteiger partial charge in [-0.05, 0) is 24.3 Å². The van der Waals surface area contributed by atoms with Gasteiger partial charge >= 0.3 is 6.18 Å². The number of aryl methyl sites for hydroxylation is 1. The summed E-state index contributed by atoms with van der Waals surface area (Å²) in [5.41, 5.74) is 0.525. The van der Waals surface area contributed by atoms with Gasteiger partial charge in [0.15, 0.2) is 0 Å². The number of alkyl halides is 3. The third-order valence-electron chi connectivity index (χ3n) is 4.74. The van der Waals surface area contributed by atoms with Crippen LogP contribution < -0.4 is 10.6 Å². The first-order valence-corrected chi connectivity index (χ1v) is 12.4. The normalized spacial score (nSPS) is 16.6. The first-order valence-electron chi connectivity index (χ1n) is 9.54. The van der Waals surface area contributed by atoms with E-state index < -0.39 is 17.9 Å². The third-order valence-corrected chi connectivity index (χ3v) is 7.98. The van der Waals surface area contributed by atoms with Crippen molar-refractivity contribution in [1.29, 1.82) is 0 Å². The summed E-state index contributed by atoms with van der Waals surface area (Å²) in [6.45, 7) is 1.02. The molecule has 1 fully saturated rings. The summed E-state index contributed by atoms with van der Waals surface area (Å²) in [5, 5.41) is 6.17. The van der Waals surface area contributed by atoms with Gasteiger partial charge in [0.2, 0.25) is 5.82 Å². The number of imidazole rings is 1. The van der Waals surface area contributed by atoms with Gasteiger partial charge in [-0.2, -0.15) is 13.2 Å². The van der Waals surface area contributed by atoms with E-state index in [2.05, 4.69) is 15.6 Å². The van der Waals surface area contributed by atoms with E-state index in [4.69, 9.17) is 23.2 Å². The van der Waals surface area contributed by atoms with E-state index in [-0.39, 0.29) is 43.6 Å². The van der Waals surface area contributed by atoms with Crippen molar-refractivity contribution in [1.82, 2.24) is 14.9 Å². The molecule has 2 N–H and O–H groups in total. The molecule has 1 amide bonds. The number of aromatic nitrogens is 2. The minimum absolute atomic E-state index is 0.0428. The van der Waals surface area contributed by atoms with Crippen LogP contribution in [0.3, 0.4) is 0 Å². The molecule has 4 rings (SSSR count). The lowest BCUT2D eigenvalue weighted by molar-refractivity contribution is -0.146. The molecule has 1 aliphatic rings. The zero-order valence-electron chi connectivity index (χ0n) is 16.4. The molecule has 1 atom stereocenters. The van der Waals surface area contributed by atoms with Crippen LogP contribution in [0.2, 0.25) is 10.0 Å². The molecule has 5 nitrogen and oxygen atoms in total. The number of nitrogens with one attached hydrogen (secondary N) is 2. The number of anilines is 1. The number of carbonyl (C=O) groups excluding carboxylic acids is 1. The maximum absolute atomic E-state index is 13.8. The number of rotatable bonds is 6. The summed E-state index contributed by atoms with van der Waals surface area (Å²) >= 11 is 15.5. The third kappa shape index (κ3) is 4.99. The Hall–Kier alpha value is -1.59. The number of para-hydroxylation sites is 1. The maximum atomic E-state index is 13.8. The summed E-state index contributed by atoms with van der Waals surface area (Å²) < 4.78 is 42.6. The number of hydrogen-bond donors (Lipinski definition) is 2. The second-order valence-electron chi connectivity index (χ2n) is 6.84. The molecule has 1 unspecified atom stereocenters. The predicted molar refractivity (Wildman–Crippen MR) is 126 cm³/mol. The minimum Gasteiger partial charge on any atom is -0.320 e. The van der Waals surface area contributed by atoms with Gasteiger partial charge in [-0.15, -0.1) is 23.5 Å². The van der Waals surface area contributed by atoms with Crippen molar-refractivity contribution in [3.8, 4) is 0 Å². The summed E-state index contributed by atoms with van der Waals surface area (Å²) in [6.07, 6.45) is -4.64. The van der Waals surface area contributed by atoms with Crippen LogP contribution in [-0.4, -0.2) is 38.2 Å². The average Bonchev–Trinajstić information content (AvgIpc) is 3.36. The van der Waals surface area contributed by atoms with Crippen molar-refractivity contribution in [2.75, 3.05) is 23.4 Å². The fraction of sp³-hybridized carbons (Fsp3) is 0.300. The molecular weight excluding hydrogens is 504 g/mol. The Kier molecular flexibility index (Phi) is 7.16. The quantitative estimate of drug-likeness (QED) is 0.419. The molecule has 0 spiro atoms. The van der Waals surface area contributed by atoms with Crippen molar-refractivity contribution < 1.29 is 18.0 Å². The Morgan fingerprint density at radius 2 is 1.97 bits per heavy atom. The van der Waals surface area contributed by atoms with Crippen molar-refractivity contribution in [3.05, 3.63) is 57.8 Å². The van der Waals surface area contributed by atoms with Gasteiger partial charge < -0.3 is 9.88 Å². The van der Waals surface area contributed by atoms with Crippen LogP contribution in [0, 0.1) is 0 Å². The predicted octanol–water partition coefficient (Wildman–Crippen LogP) is 5.97. The zero-order chi connectivity index (χ0) is 22.9. The lowest BCUT2D eigenvalue weighted by atomic mass is 10.2. The van der Waals surface area contributed by atoms with E-state index in [1.165, 1.54) is 18.2 Å². The van der Waals surface area contributed by atoms with Gasteiger partial charge in [-0.25, -0.2) is 4.98 Å². The smallest absolute Gasteiger partial charge is 0.320 e. The highest BCUT2D eigenvalue weighted by Crippen LogP contribution is 2.35. The van der Waals surface area contributed by atoms with E-state index in [0.29, 0.717) is 5.75 Å². The molecule has 170 valence electrons. The van der Waals surface area contributed by atoms with Gasteiger partial charge in [0, 0.05) is 24.6 Å². The Bertz CT molecular complexity index is 1130. The van der Waals surface area contributed by atoms with Gasteiger partial charge in [0.05, 0.1) is 26.8 Å². The van der Waals surface area contributed by atoms with Crippen molar-refractivity contribution in [3.63, 3.8) is 0 Å². The molecule has 3 aromatic rings. The number of thioether (sulfide) groups is 2. The summed E-state index contributed by atoms with van der Waals surface area (Å²) in [6, 6.07) is 9.24. The number of halogens is 5. The number of carbonyl (C=O) groups is 1. The van der Waals surface area contributed by atoms with Gasteiger partial charge in [-0.1, -0.05) is 35.3 Å². The number of nitrogens with zero attached hydrogens (tertiary/aromatic N) is 2. The summed E-state index contributed by atoms with van der Waals surface area (Å²) in [7, 11) is 0. The summed E-state index contributed by atoms with van der Waals surface area (Å²) in [5.74, 6) is -0.170. The first-order chi connectivity index (χ1) is 15.3. The van der Waals surface area contributed by atoms with Crippen molar-refractivity contribution >= 4 is 69.4 Å². The van der Waals surface area contributed by atoms with E-state index >= 15 is 0 Å². The highest BCUT2D eigenvalue weighted by Gasteiger charge is 2.38. The van der Waals surface area contributed by atoms with E-state index in [1.54, 1.807) is 41.7 Å². The van der Waals surface area contributed by atoms with Gasteiger partial charge in [0.1, 0.15) is 10.2 Å². The number of benzene rings is 2. The van der Waals surface area contributed by atoms with Crippen LogP contribution in [-0.2, 0) is 12.7 Å². The monoisotopic (exact) mass is 520 g/mol. The Balaban J connectivity index is 1.66. The molecule has 2 aromatic carbocycles. The minimum atomic E-state index is -4.64. The van der Waals surface area contributed by atoms with Crippen molar-refractivity contribution in [2.24, 2.45) is 0 Å². The molecule has 1 saturated heterocycles. The average molecular weight is 521 g/mol. The second kappa shape index (κ2) is 9.72. The number of hydrogen-bond acceptors (Lipinski definition) is 5. The summed E-state index contributed by atoms with van der Waals surface area (Å²) in [4.78, 5) is 16.6. The molecular formula is C20H17Cl2F3N4OS2. The molecule has 0 aliphatic carbocycles. The SMILES string of the molecule is O=C(Nc1cccc2c1nc(C(F)(F)F)n2CCSC1NCCS1)c1c(Cl)cccc1Cl. The molecule has 1 aromatic heterocycles. The topological polar surface area (TPSA) is 59.0 Å². The fourth-order valence-corrected chi connectivity index (χ4v) is 6.30. The maximum Gasteiger partial charge on any atom is 0.449 e. The van der Waals surface area contributed by atoms with Crippen LogP contribution in [0.5, 0.6) is 0 Å². The van der Waals surface area contributed by atoms with Gasteiger partial charge in [-0.3, -0.25) is 10.1 Å². The lowest BCUT2D eigenvalue weighted by Crippen LogP contribution is -2.19. The van der Waals surface area contributed by atoms with E-state index in [1.807, 2.05) is 0 Å². The molecule has 0 radical (unpaired) electrons. The van der Waals surface area contributed by atoms with Crippen LogP contribution in [0.4, 0.5) is 18.9 Å². The highest BCUT2D eigenvalue weighted by atomic mass is 35.5. The van der Waals surface area contributed by atoms with Crippen LogP contribution in [0.25, 0.3) is 11.0 Å². The molecule has 0 bridgehead atoms. The lowest BCUT2D eigenvalue weighted by Gasteiger charge is -2.13. The van der Waals surface area contributed by atoms with Crippen LogP contribution >= 0.6 is 46.7 Å². The number of amides is 1. The van der Waals surface area contributed by atoms with Crippen LogP contribution in [0.1, 0.15) is 16.2 Å². The van der Waals surface area contributed by atoms with Crippen molar-refractivity contribution in [2.45, 2.75) is 17.4 Å². The Morgan fingerprint density at radius 1 is 1.25 bits per heavy atom. The molecule has 2 heterocycles. The highest BCUT2D eigenvalue weighted by molar-refractivity contribution is 8.17. The molecule has 12 heteroatoms. The fourth-order valence-electron chi connectivity index (χ4n) is 3.35. The molecule has 32 heavy (non-hydrogen) atoms. The first kappa shape index (κ1) is 23.6. The Morgan fingerprint density at radius 3 is 2.62 bits per heavy atom. The zero-order valence-corrected chi connectivity index (χ0v) is 19.5. The largest absolute Gasteiger partial charge is 0.449 e. The van der Waals surface area contributed by atoms with Gasteiger partial charge in [0.25, 0.3) is 5.91 Å². The number of fused-ring (bicyclic) bond motifs is 1. The van der Waals surface area contributed by atoms with E-state index in [0.717, 1.165) is 16.9 Å². The second-order valence-corrected chi connectivity index (χ2v) is 10.4. The van der Waals surface area contributed by atoms with E-state index in [9.17, 15) is 18.0 Å². The Labute approximate surface area is 200 Å². The standard InChI is InChI=1S/C20H17Cl2F3N4OS2/c21-11-3-1-4-12(22)15(11)17(30)27-13-5-2-6-14-16(13)28-18(20(23,24)25)29(14)8-10-32-19-26-7-9-31-19/h1-6,19,26H,7-10H2,(H,27,30). The van der Waals surface area contributed by atoms with Crippen LogP contribution in [0.15, 0.2) is 36.4 Å².